The van der Waals surface area contributed by atoms with Gasteiger partial charge in [0, 0.05) is 24.5 Å². The molecule has 3 heteroatoms. The largest absolute Gasteiger partial charge is 0.373 e. The molecule has 3 nitrogen and oxygen atoms in total. The minimum atomic E-state index is 0.457. The molecule has 0 unspecified atom stereocenters. The van der Waals surface area contributed by atoms with Crippen molar-refractivity contribution >= 4 is 0 Å². The van der Waals surface area contributed by atoms with Gasteiger partial charge in [-0.2, -0.15) is 0 Å². The maximum Gasteiger partial charge on any atom is 0.0870 e. The Morgan fingerprint density at radius 1 is 1.50 bits per heavy atom. The van der Waals surface area contributed by atoms with Crippen molar-refractivity contribution in [2.24, 2.45) is 5.73 Å². The highest BCUT2D eigenvalue weighted by molar-refractivity contribution is 4.98. The lowest BCUT2D eigenvalue weighted by molar-refractivity contribution is 0.167. The molecule has 0 bridgehead atoms. The summed E-state index contributed by atoms with van der Waals surface area (Å²) in [5.74, 6) is 0. The molecule has 3 N–H and O–H groups in total. The van der Waals surface area contributed by atoms with E-state index < -0.39 is 0 Å². The third-order valence-electron chi connectivity index (χ3n) is 2.28. The Balaban J connectivity index is 1.84. The average Bonchev–Trinajstić information content (AvgIpc) is 2.31. The Morgan fingerprint density at radius 3 is 2.80 bits per heavy atom. The minimum absolute atomic E-state index is 0.457. The molecule has 0 aromatic carbocycles. The van der Waals surface area contributed by atoms with Crippen molar-refractivity contribution in [3.8, 4) is 0 Å². The van der Waals surface area contributed by atoms with Gasteiger partial charge in [0.15, 0.2) is 0 Å². The van der Waals surface area contributed by atoms with Gasteiger partial charge in [0.2, 0.25) is 0 Å². The Bertz CT molecular complexity index is 149. The van der Waals surface area contributed by atoms with Gasteiger partial charge in [0.05, 0.1) is 6.67 Å². The summed E-state index contributed by atoms with van der Waals surface area (Å²) in [6.45, 7) is 0.970. The molecule has 0 amide bonds. The number of hydrogen-bond acceptors (Lipinski definition) is 3. The second kappa shape index (κ2) is 2.16. The third kappa shape index (κ3) is 0.865. The van der Waals surface area contributed by atoms with Gasteiger partial charge in [0.1, 0.15) is 0 Å². The molecule has 1 saturated carbocycles. The zero-order valence-electron chi connectivity index (χ0n) is 5.96. The van der Waals surface area contributed by atoms with Crippen molar-refractivity contribution in [3.63, 3.8) is 0 Å². The third-order valence-corrected chi connectivity index (χ3v) is 2.28. The van der Waals surface area contributed by atoms with Crippen LogP contribution in [0.15, 0.2) is 12.4 Å². The number of rotatable bonds is 1. The first kappa shape index (κ1) is 6.04. The van der Waals surface area contributed by atoms with E-state index in [1.165, 1.54) is 0 Å². The molecule has 0 saturated heterocycles. The predicted octanol–water partition coefficient (Wildman–Crippen LogP) is -0.190. The lowest BCUT2D eigenvalue weighted by atomic mass is 9.87. The predicted molar refractivity (Wildman–Crippen MR) is 40.0 cm³/mol. The maximum absolute atomic E-state index is 5.67. The van der Waals surface area contributed by atoms with E-state index in [1.54, 1.807) is 0 Å². The number of nitrogens with one attached hydrogen (secondary N) is 1. The number of hydrogen-bond donors (Lipinski definition) is 2. The van der Waals surface area contributed by atoms with E-state index in [1.807, 2.05) is 6.20 Å². The first-order chi connectivity index (χ1) is 4.86. The molecule has 0 spiro atoms. The lowest BCUT2D eigenvalue weighted by Gasteiger charge is -2.38. The number of nitrogens with zero attached hydrogens (tertiary/aromatic N) is 1. The van der Waals surface area contributed by atoms with Gasteiger partial charge >= 0.3 is 0 Å². The minimum Gasteiger partial charge on any atom is -0.373 e. The molecule has 10 heavy (non-hydrogen) atoms. The van der Waals surface area contributed by atoms with Gasteiger partial charge in [-0.05, 0) is 12.8 Å². The van der Waals surface area contributed by atoms with Gasteiger partial charge in [-0.3, -0.25) is 0 Å². The standard InChI is InChI=1S/C7H13N3/c8-6-3-7(4-6)10-2-1-9-5-10/h1-2,6-7,9H,3-5,8H2/t6-,7-. The summed E-state index contributed by atoms with van der Waals surface area (Å²) in [6.07, 6.45) is 6.42. The van der Waals surface area contributed by atoms with Crippen LogP contribution in [-0.4, -0.2) is 23.7 Å². The summed E-state index contributed by atoms with van der Waals surface area (Å²) >= 11 is 0. The molecule has 1 heterocycles. The fraction of sp³-hybridized carbons (Fsp3) is 0.714. The monoisotopic (exact) mass is 139 g/mol. The molecule has 1 fully saturated rings. The topological polar surface area (TPSA) is 41.3 Å². The van der Waals surface area contributed by atoms with Crippen LogP contribution in [0, 0.1) is 0 Å². The summed E-state index contributed by atoms with van der Waals surface area (Å²) < 4.78 is 0. The van der Waals surface area contributed by atoms with Crippen LogP contribution in [0.5, 0.6) is 0 Å². The molecule has 2 aliphatic rings. The Hall–Kier alpha value is -0.700. The quantitative estimate of drug-likeness (QED) is 0.529. The highest BCUT2D eigenvalue weighted by Gasteiger charge is 2.30. The SMILES string of the molecule is N[C@H]1C[C@H](N2C=CNC2)C1. The van der Waals surface area contributed by atoms with Crippen molar-refractivity contribution in [2.75, 3.05) is 6.67 Å². The van der Waals surface area contributed by atoms with Crippen LogP contribution in [0.25, 0.3) is 0 Å². The van der Waals surface area contributed by atoms with Gasteiger partial charge in [-0.1, -0.05) is 0 Å². The van der Waals surface area contributed by atoms with Crippen LogP contribution in [0.1, 0.15) is 12.8 Å². The molecule has 0 atom stereocenters. The summed E-state index contributed by atoms with van der Waals surface area (Å²) in [4.78, 5) is 2.31. The van der Waals surface area contributed by atoms with Crippen LogP contribution in [-0.2, 0) is 0 Å². The van der Waals surface area contributed by atoms with E-state index >= 15 is 0 Å². The fourth-order valence-corrected chi connectivity index (χ4v) is 1.51. The lowest BCUT2D eigenvalue weighted by Crippen LogP contribution is -2.48. The van der Waals surface area contributed by atoms with Crippen molar-refractivity contribution in [2.45, 2.75) is 24.9 Å². The highest BCUT2D eigenvalue weighted by Crippen LogP contribution is 2.24. The smallest absolute Gasteiger partial charge is 0.0870 e. The van der Waals surface area contributed by atoms with Crippen LogP contribution < -0.4 is 11.1 Å². The normalized spacial score (nSPS) is 37.5. The highest BCUT2D eigenvalue weighted by atomic mass is 15.3. The second-order valence-corrected chi connectivity index (χ2v) is 3.08. The Labute approximate surface area is 60.9 Å². The molecule has 0 aromatic rings. The van der Waals surface area contributed by atoms with Crippen molar-refractivity contribution in [1.82, 2.24) is 10.2 Å². The van der Waals surface area contributed by atoms with Gasteiger partial charge in [-0.25, -0.2) is 0 Å². The van der Waals surface area contributed by atoms with E-state index in [2.05, 4.69) is 16.4 Å². The molecule has 1 aliphatic carbocycles. The molecule has 0 radical (unpaired) electrons. The van der Waals surface area contributed by atoms with E-state index in [-0.39, 0.29) is 0 Å². The van der Waals surface area contributed by atoms with Crippen molar-refractivity contribution in [1.29, 1.82) is 0 Å². The van der Waals surface area contributed by atoms with Crippen molar-refractivity contribution in [3.05, 3.63) is 12.4 Å². The molecular formula is C7H13N3. The molecule has 56 valence electrons. The zero-order valence-corrected chi connectivity index (χ0v) is 5.96. The van der Waals surface area contributed by atoms with Gasteiger partial charge in [0.25, 0.3) is 0 Å². The Kier molecular flexibility index (Phi) is 1.31. The first-order valence-corrected chi connectivity index (χ1v) is 3.77. The number of nitrogens with two attached hydrogens (primary N) is 1. The molecule has 0 aromatic heterocycles. The summed E-state index contributed by atoms with van der Waals surface area (Å²) in [7, 11) is 0. The second-order valence-electron chi connectivity index (χ2n) is 3.08. The first-order valence-electron chi connectivity index (χ1n) is 3.77. The van der Waals surface area contributed by atoms with Crippen LogP contribution in [0.4, 0.5) is 0 Å². The Morgan fingerprint density at radius 2 is 2.30 bits per heavy atom. The van der Waals surface area contributed by atoms with E-state index in [0.29, 0.717) is 12.1 Å². The summed E-state index contributed by atoms with van der Waals surface area (Å²) in [6, 6.07) is 1.17. The van der Waals surface area contributed by atoms with E-state index in [0.717, 1.165) is 19.5 Å². The fourth-order valence-electron chi connectivity index (χ4n) is 1.51. The summed E-state index contributed by atoms with van der Waals surface area (Å²) in [5.41, 5.74) is 5.67. The molecular weight excluding hydrogens is 126 g/mol. The van der Waals surface area contributed by atoms with Gasteiger partial charge < -0.3 is 16.0 Å². The van der Waals surface area contributed by atoms with Crippen LogP contribution in [0.2, 0.25) is 0 Å². The van der Waals surface area contributed by atoms with Crippen LogP contribution in [0.3, 0.4) is 0 Å². The van der Waals surface area contributed by atoms with Gasteiger partial charge in [-0.15, -0.1) is 0 Å². The zero-order chi connectivity index (χ0) is 6.97. The average molecular weight is 139 g/mol. The van der Waals surface area contributed by atoms with E-state index in [4.69, 9.17) is 5.73 Å². The van der Waals surface area contributed by atoms with E-state index in [9.17, 15) is 0 Å². The van der Waals surface area contributed by atoms with Crippen LogP contribution >= 0.6 is 0 Å². The van der Waals surface area contributed by atoms with Crippen molar-refractivity contribution < 1.29 is 0 Å². The summed E-state index contributed by atoms with van der Waals surface area (Å²) in [5, 5.41) is 3.14. The maximum atomic E-state index is 5.67. The molecule has 1 aliphatic heterocycles. The molecule has 2 rings (SSSR count).